The molecule has 6 heteroatoms. The van der Waals surface area contributed by atoms with Gasteiger partial charge < -0.3 is 19.1 Å². The Bertz CT molecular complexity index is 492. The lowest BCUT2D eigenvalue weighted by molar-refractivity contribution is 0.163. The first-order chi connectivity index (χ1) is 8.70. The normalized spacial score (nSPS) is 12.6. The highest BCUT2D eigenvalue weighted by Crippen LogP contribution is 2.14. The molecule has 0 saturated carbocycles. The molecule has 0 radical (unpaired) electrons. The fourth-order valence-corrected chi connectivity index (χ4v) is 1.80. The van der Waals surface area contributed by atoms with E-state index in [4.69, 9.17) is 9.26 Å². The van der Waals surface area contributed by atoms with Crippen LogP contribution in [0.25, 0.3) is 0 Å². The predicted octanol–water partition coefficient (Wildman–Crippen LogP) is 2.00. The van der Waals surface area contributed by atoms with Crippen LogP contribution in [0.3, 0.4) is 0 Å². The lowest BCUT2D eigenvalue weighted by atomic mass is 10.3. The lowest BCUT2D eigenvalue weighted by Crippen LogP contribution is -2.14. The summed E-state index contributed by atoms with van der Waals surface area (Å²) in [6.45, 7) is 5.19. The summed E-state index contributed by atoms with van der Waals surface area (Å²) in [6, 6.07) is 2.14. The van der Waals surface area contributed by atoms with E-state index in [1.165, 1.54) is 0 Å². The van der Waals surface area contributed by atoms with Crippen molar-refractivity contribution < 1.29 is 9.26 Å². The SMILES string of the molecule is COCC(C)n1ccnc1NCc1cc(C)on1. The molecule has 0 fully saturated rings. The zero-order valence-corrected chi connectivity index (χ0v) is 10.9. The van der Waals surface area contributed by atoms with Gasteiger partial charge in [0.1, 0.15) is 11.5 Å². The van der Waals surface area contributed by atoms with E-state index < -0.39 is 0 Å². The van der Waals surface area contributed by atoms with Gasteiger partial charge >= 0.3 is 0 Å². The predicted molar refractivity (Wildman–Crippen MR) is 67.4 cm³/mol. The van der Waals surface area contributed by atoms with Gasteiger partial charge in [-0.15, -0.1) is 0 Å². The maximum absolute atomic E-state index is 5.14. The van der Waals surface area contributed by atoms with Gasteiger partial charge in [0.25, 0.3) is 0 Å². The third-order valence-electron chi connectivity index (χ3n) is 2.66. The minimum Gasteiger partial charge on any atom is -0.383 e. The molecule has 0 aliphatic carbocycles. The van der Waals surface area contributed by atoms with Gasteiger partial charge in [-0.1, -0.05) is 5.16 Å². The van der Waals surface area contributed by atoms with Crippen molar-refractivity contribution >= 4 is 5.95 Å². The van der Waals surface area contributed by atoms with Gasteiger partial charge in [-0.2, -0.15) is 0 Å². The number of aryl methyl sites for hydroxylation is 1. The molecule has 0 aliphatic rings. The van der Waals surface area contributed by atoms with Gasteiger partial charge in [0, 0.05) is 25.6 Å². The summed E-state index contributed by atoms with van der Waals surface area (Å²) >= 11 is 0. The van der Waals surface area contributed by atoms with E-state index in [1.54, 1.807) is 13.3 Å². The van der Waals surface area contributed by atoms with Crippen LogP contribution in [-0.2, 0) is 11.3 Å². The van der Waals surface area contributed by atoms with Crippen molar-refractivity contribution in [3.63, 3.8) is 0 Å². The van der Waals surface area contributed by atoms with Crippen molar-refractivity contribution in [3.05, 3.63) is 29.9 Å². The fraction of sp³-hybridized carbons (Fsp3) is 0.500. The molecule has 0 saturated heterocycles. The van der Waals surface area contributed by atoms with Crippen LogP contribution in [0.5, 0.6) is 0 Å². The Morgan fingerprint density at radius 3 is 3.06 bits per heavy atom. The molecule has 2 aromatic heterocycles. The van der Waals surface area contributed by atoms with E-state index in [0.717, 1.165) is 17.4 Å². The maximum atomic E-state index is 5.14. The average molecular weight is 250 g/mol. The van der Waals surface area contributed by atoms with Crippen LogP contribution in [0.1, 0.15) is 24.4 Å². The zero-order valence-electron chi connectivity index (χ0n) is 10.9. The number of anilines is 1. The van der Waals surface area contributed by atoms with Crippen molar-refractivity contribution in [2.24, 2.45) is 0 Å². The highest BCUT2D eigenvalue weighted by molar-refractivity contribution is 5.27. The quantitative estimate of drug-likeness (QED) is 0.849. The van der Waals surface area contributed by atoms with Crippen LogP contribution >= 0.6 is 0 Å². The number of nitrogens with one attached hydrogen (secondary N) is 1. The lowest BCUT2D eigenvalue weighted by Gasteiger charge is -2.15. The molecule has 18 heavy (non-hydrogen) atoms. The molecular formula is C12H18N4O2. The first-order valence-corrected chi connectivity index (χ1v) is 5.88. The molecule has 0 aliphatic heterocycles. The van der Waals surface area contributed by atoms with Crippen LogP contribution in [0.4, 0.5) is 5.95 Å². The van der Waals surface area contributed by atoms with Gasteiger partial charge in [0.15, 0.2) is 0 Å². The molecule has 0 bridgehead atoms. The number of aromatic nitrogens is 3. The van der Waals surface area contributed by atoms with Crippen LogP contribution in [-0.4, -0.2) is 28.4 Å². The number of rotatable bonds is 6. The molecular weight excluding hydrogens is 232 g/mol. The van der Waals surface area contributed by atoms with Crippen molar-refractivity contribution in [3.8, 4) is 0 Å². The number of imidazole rings is 1. The van der Waals surface area contributed by atoms with E-state index in [0.29, 0.717) is 13.2 Å². The minimum atomic E-state index is 0.235. The zero-order chi connectivity index (χ0) is 13.0. The first kappa shape index (κ1) is 12.6. The molecule has 6 nitrogen and oxygen atoms in total. The molecule has 1 N–H and O–H groups in total. The molecule has 2 heterocycles. The molecule has 0 aromatic carbocycles. The third kappa shape index (κ3) is 2.89. The summed E-state index contributed by atoms with van der Waals surface area (Å²) in [5.41, 5.74) is 0.862. The number of hydrogen-bond donors (Lipinski definition) is 1. The van der Waals surface area contributed by atoms with Crippen molar-refractivity contribution in [2.45, 2.75) is 26.4 Å². The Labute approximate surface area is 106 Å². The average Bonchev–Trinajstić information content (AvgIpc) is 2.95. The van der Waals surface area contributed by atoms with E-state index >= 15 is 0 Å². The number of hydrogen-bond acceptors (Lipinski definition) is 5. The second kappa shape index (κ2) is 5.68. The van der Waals surface area contributed by atoms with E-state index in [1.807, 2.05) is 23.8 Å². The van der Waals surface area contributed by atoms with E-state index in [2.05, 4.69) is 22.4 Å². The second-order valence-electron chi connectivity index (χ2n) is 4.24. The van der Waals surface area contributed by atoms with Crippen molar-refractivity contribution in [1.82, 2.24) is 14.7 Å². The van der Waals surface area contributed by atoms with Crippen molar-refractivity contribution in [1.29, 1.82) is 0 Å². The molecule has 1 atom stereocenters. The Morgan fingerprint density at radius 1 is 1.56 bits per heavy atom. The second-order valence-corrected chi connectivity index (χ2v) is 4.24. The maximum Gasteiger partial charge on any atom is 0.203 e. The smallest absolute Gasteiger partial charge is 0.203 e. The number of nitrogens with zero attached hydrogens (tertiary/aromatic N) is 3. The Balaban J connectivity index is 1.99. The Hall–Kier alpha value is -1.82. The van der Waals surface area contributed by atoms with Gasteiger partial charge in [0.05, 0.1) is 19.2 Å². The van der Waals surface area contributed by atoms with Crippen LogP contribution in [0.2, 0.25) is 0 Å². The number of ether oxygens (including phenoxy) is 1. The summed E-state index contributed by atoms with van der Waals surface area (Å²) in [5, 5.41) is 7.16. The van der Waals surface area contributed by atoms with Gasteiger partial charge in [0.2, 0.25) is 5.95 Å². The highest BCUT2D eigenvalue weighted by Gasteiger charge is 2.10. The van der Waals surface area contributed by atoms with Gasteiger partial charge in [-0.05, 0) is 13.8 Å². The summed E-state index contributed by atoms with van der Waals surface area (Å²) < 4.78 is 12.2. The standard InChI is InChI=1S/C12H18N4O2/c1-9(8-17-3)16-5-4-13-12(16)14-7-11-6-10(2)18-15-11/h4-6,9H,7-8H2,1-3H3,(H,13,14). The van der Waals surface area contributed by atoms with Crippen LogP contribution in [0, 0.1) is 6.92 Å². The third-order valence-corrected chi connectivity index (χ3v) is 2.66. The Morgan fingerprint density at radius 2 is 2.39 bits per heavy atom. The highest BCUT2D eigenvalue weighted by atomic mass is 16.5. The molecule has 0 spiro atoms. The van der Waals surface area contributed by atoms with Crippen LogP contribution in [0.15, 0.2) is 23.0 Å². The number of methoxy groups -OCH3 is 1. The minimum absolute atomic E-state index is 0.235. The monoisotopic (exact) mass is 250 g/mol. The molecule has 0 amide bonds. The van der Waals surface area contributed by atoms with E-state index in [-0.39, 0.29) is 6.04 Å². The van der Waals surface area contributed by atoms with Gasteiger partial charge in [-0.3, -0.25) is 0 Å². The Kier molecular flexibility index (Phi) is 3.99. The summed E-state index contributed by atoms with van der Waals surface area (Å²) in [5.74, 6) is 1.61. The van der Waals surface area contributed by atoms with Crippen LogP contribution < -0.4 is 5.32 Å². The summed E-state index contributed by atoms with van der Waals surface area (Å²) in [4.78, 5) is 4.28. The summed E-state index contributed by atoms with van der Waals surface area (Å²) in [7, 11) is 1.69. The molecule has 2 rings (SSSR count). The van der Waals surface area contributed by atoms with Gasteiger partial charge in [-0.25, -0.2) is 4.98 Å². The first-order valence-electron chi connectivity index (χ1n) is 5.88. The fourth-order valence-electron chi connectivity index (χ4n) is 1.80. The summed E-state index contributed by atoms with van der Waals surface area (Å²) in [6.07, 6.45) is 3.70. The largest absolute Gasteiger partial charge is 0.383 e. The topological polar surface area (TPSA) is 65.1 Å². The van der Waals surface area contributed by atoms with E-state index in [9.17, 15) is 0 Å². The van der Waals surface area contributed by atoms with Crippen molar-refractivity contribution in [2.75, 3.05) is 19.0 Å². The molecule has 1 unspecified atom stereocenters. The molecule has 2 aromatic rings. The molecule has 98 valence electrons.